The highest BCUT2D eigenvalue weighted by atomic mass is 35.5. The Morgan fingerprint density at radius 3 is 2.46 bits per heavy atom. The van der Waals surface area contributed by atoms with Gasteiger partial charge in [0.1, 0.15) is 5.75 Å². The molecule has 1 aliphatic rings. The van der Waals surface area contributed by atoms with Crippen LogP contribution in [0.1, 0.15) is 62.4 Å². The first-order valence-corrected chi connectivity index (χ1v) is 12.8. The van der Waals surface area contributed by atoms with Gasteiger partial charge in [0.25, 0.3) is 0 Å². The quantitative estimate of drug-likeness (QED) is 0.331. The minimum Gasteiger partial charge on any atom is -0.506 e. The third-order valence-electron chi connectivity index (χ3n) is 7.27. The van der Waals surface area contributed by atoms with Crippen molar-refractivity contribution >= 4 is 34.0 Å². The lowest BCUT2D eigenvalue weighted by Gasteiger charge is -2.36. The lowest BCUT2D eigenvalue weighted by atomic mass is 9.89. The summed E-state index contributed by atoms with van der Waals surface area (Å²) in [4.78, 5) is 19.6. The number of Topliss-reactive ketones (excluding diaryl/α,β-unsaturated/α-hetero) is 1. The van der Waals surface area contributed by atoms with Crippen molar-refractivity contribution in [2.24, 2.45) is 0 Å². The van der Waals surface area contributed by atoms with E-state index in [9.17, 15) is 15.0 Å². The van der Waals surface area contributed by atoms with Crippen LogP contribution in [0.4, 0.5) is 5.69 Å². The third kappa shape index (κ3) is 5.30. The molecular weight excluding hydrogens is 462 g/mol. The van der Waals surface area contributed by atoms with Crippen LogP contribution >= 0.6 is 11.6 Å². The molecule has 4 rings (SSSR count). The first kappa shape index (κ1) is 25.4. The number of carbonyl (C=O) groups excluding carboxylic acids is 1. The third-order valence-corrected chi connectivity index (χ3v) is 7.56. The fraction of sp³-hybridized carbons (Fsp3) is 0.429. The number of ketones is 1. The van der Waals surface area contributed by atoms with E-state index in [0.717, 1.165) is 66.5 Å². The zero-order valence-electron chi connectivity index (χ0n) is 20.6. The van der Waals surface area contributed by atoms with E-state index in [1.165, 1.54) is 0 Å². The van der Waals surface area contributed by atoms with Crippen LogP contribution in [0.2, 0.25) is 5.02 Å². The number of fused-ring (bicyclic) bond motifs is 1. The largest absolute Gasteiger partial charge is 0.506 e. The number of aromatic nitrogens is 1. The van der Waals surface area contributed by atoms with E-state index in [1.54, 1.807) is 25.3 Å². The van der Waals surface area contributed by atoms with Gasteiger partial charge in [-0.3, -0.25) is 9.78 Å². The fourth-order valence-electron chi connectivity index (χ4n) is 5.27. The smallest absolute Gasteiger partial charge is 0.163 e. The maximum Gasteiger partial charge on any atom is 0.163 e. The molecule has 0 saturated heterocycles. The molecule has 6 nitrogen and oxygen atoms in total. The van der Waals surface area contributed by atoms with E-state index >= 15 is 0 Å². The molecule has 0 unspecified atom stereocenters. The molecule has 1 aliphatic carbocycles. The summed E-state index contributed by atoms with van der Waals surface area (Å²) in [6.07, 6.45) is 6.04. The minimum atomic E-state index is -0.314. The molecule has 1 aromatic heterocycles. The number of carbonyl (C=O) groups is 1. The summed E-state index contributed by atoms with van der Waals surface area (Å²) in [6, 6.07) is 10.2. The zero-order chi connectivity index (χ0) is 25.1. The number of pyridine rings is 1. The lowest BCUT2D eigenvalue weighted by molar-refractivity contribution is 0.101. The van der Waals surface area contributed by atoms with Crippen molar-refractivity contribution in [3.63, 3.8) is 0 Å². The summed E-state index contributed by atoms with van der Waals surface area (Å²) < 4.78 is 0. The maximum atomic E-state index is 12.5. The monoisotopic (exact) mass is 495 g/mol. The van der Waals surface area contributed by atoms with E-state index in [0.29, 0.717) is 23.2 Å². The summed E-state index contributed by atoms with van der Waals surface area (Å²) in [7, 11) is 0. The van der Waals surface area contributed by atoms with E-state index < -0.39 is 0 Å². The van der Waals surface area contributed by atoms with Gasteiger partial charge < -0.3 is 20.4 Å². The van der Waals surface area contributed by atoms with Crippen LogP contribution in [0.15, 0.2) is 36.5 Å². The molecule has 1 heterocycles. The van der Waals surface area contributed by atoms with Crippen molar-refractivity contribution in [2.75, 3.05) is 18.4 Å². The first-order chi connectivity index (χ1) is 16.9. The fourth-order valence-corrected chi connectivity index (χ4v) is 5.51. The Bertz CT molecular complexity index is 1220. The highest BCUT2D eigenvalue weighted by molar-refractivity contribution is 6.32. The lowest BCUT2D eigenvalue weighted by Crippen LogP contribution is -2.40. The van der Waals surface area contributed by atoms with E-state index in [1.807, 2.05) is 18.2 Å². The molecule has 2 aromatic carbocycles. The molecule has 0 atom stereocenters. The molecule has 7 heteroatoms. The van der Waals surface area contributed by atoms with Gasteiger partial charge in [-0.15, -0.1) is 0 Å². The topological polar surface area (TPSA) is 85.7 Å². The van der Waals surface area contributed by atoms with Crippen molar-refractivity contribution in [1.29, 1.82) is 0 Å². The second-order valence-corrected chi connectivity index (χ2v) is 9.74. The Hall–Kier alpha value is -2.67. The number of aliphatic hydroxyl groups excluding tert-OH is 1. The highest BCUT2D eigenvalue weighted by Gasteiger charge is 2.26. The van der Waals surface area contributed by atoms with Gasteiger partial charge in [0, 0.05) is 29.2 Å². The van der Waals surface area contributed by atoms with Crippen molar-refractivity contribution < 1.29 is 15.0 Å². The van der Waals surface area contributed by atoms with Gasteiger partial charge in [0.05, 0.1) is 28.4 Å². The van der Waals surface area contributed by atoms with Crippen molar-refractivity contribution in [3.8, 4) is 16.9 Å². The number of anilines is 1. The summed E-state index contributed by atoms with van der Waals surface area (Å²) in [6.45, 7) is 7.85. The average molecular weight is 496 g/mol. The van der Waals surface area contributed by atoms with E-state index in [4.69, 9.17) is 11.6 Å². The Morgan fingerprint density at radius 1 is 1.11 bits per heavy atom. The molecule has 3 N–H and O–H groups in total. The normalized spacial score (nSPS) is 18.2. The van der Waals surface area contributed by atoms with Crippen LogP contribution in [0.25, 0.3) is 22.0 Å². The van der Waals surface area contributed by atoms with Crippen LogP contribution < -0.4 is 5.32 Å². The Balaban J connectivity index is 1.70. The predicted molar refractivity (Wildman–Crippen MR) is 142 cm³/mol. The number of aliphatic hydroxyl groups is 1. The minimum absolute atomic E-state index is 0.0284. The van der Waals surface area contributed by atoms with Crippen LogP contribution in [-0.4, -0.2) is 51.1 Å². The number of nitrogens with one attached hydrogen (secondary N) is 1. The number of aromatic hydroxyl groups is 1. The Kier molecular flexibility index (Phi) is 7.95. The van der Waals surface area contributed by atoms with Gasteiger partial charge in [-0.25, -0.2) is 0 Å². The predicted octanol–water partition coefficient (Wildman–Crippen LogP) is 6.02. The molecule has 0 aliphatic heterocycles. The van der Waals surface area contributed by atoms with Crippen molar-refractivity contribution in [3.05, 3.63) is 52.7 Å². The van der Waals surface area contributed by atoms with Crippen LogP contribution in [0.3, 0.4) is 0 Å². The number of phenols is 1. The molecule has 186 valence electrons. The Morgan fingerprint density at radius 2 is 1.83 bits per heavy atom. The highest BCUT2D eigenvalue weighted by Crippen LogP contribution is 2.37. The SMILES string of the molecule is CCN(CC)C1CCC(Nc2c(C(C)=O)cnc3ccc(-c4cc(Cl)c(O)c(CO)c4)cc23)CC1. The second kappa shape index (κ2) is 10.9. The Labute approximate surface area is 211 Å². The van der Waals surface area contributed by atoms with Crippen LogP contribution in [0, 0.1) is 0 Å². The summed E-state index contributed by atoms with van der Waals surface area (Å²) in [5.74, 6) is -0.138. The molecule has 35 heavy (non-hydrogen) atoms. The van der Waals surface area contributed by atoms with Gasteiger partial charge in [-0.05, 0) is 81.1 Å². The molecule has 0 spiro atoms. The standard InChI is InChI=1S/C28H34ClN3O3/c1-4-32(5-2)22-9-7-21(8-10-22)31-27-23-13-18(6-11-26(23)30-15-24(27)17(3)34)19-12-20(16-33)28(35)25(29)14-19/h6,11-15,21-22,33,35H,4-5,7-10,16H2,1-3H3,(H,30,31). The maximum absolute atomic E-state index is 12.5. The number of nitrogens with zero attached hydrogens (tertiary/aromatic N) is 2. The number of hydrogen-bond donors (Lipinski definition) is 3. The zero-order valence-corrected chi connectivity index (χ0v) is 21.4. The number of hydrogen-bond acceptors (Lipinski definition) is 6. The summed E-state index contributed by atoms with van der Waals surface area (Å²) in [5, 5.41) is 24.5. The molecule has 1 fully saturated rings. The van der Waals surface area contributed by atoms with Crippen molar-refractivity contribution in [2.45, 2.75) is 65.1 Å². The number of benzene rings is 2. The second-order valence-electron chi connectivity index (χ2n) is 9.33. The van der Waals surface area contributed by atoms with Gasteiger partial charge >= 0.3 is 0 Å². The molecule has 0 amide bonds. The van der Waals surface area contributed by atoms with Gasteiger partial charge in [-0.2, -0.15) is 0 Å². The van der Waals surface area contributed by atoms with Gasteiger partial charge in [0.2, 0.25) is 0 Å². The molecule has 0 radical (unpaired) electrons. The van der Waals surface area contributed by atoms with Gasteiger partial charge in [-0.1, -0.05) is 31.5 Å². The van der Waals surface area contributed by atoms with E-state index in [-0.39, 0.29) is 23.2 Å². The molecule has 0 bridgehead atoms. The number of rotatable bonds is 8. The average Bonchev–Trinajstić information content (AvgIpc) is 2.87. The van der Waals surface area contributed by atoms with Crippen molar-refractivity contribution in [1.82, 2.24) is 9.88 Å². The molecular formula is C28H34ClN3O3. The summed E-state index contributed by atoms with van der Waals surface area (Å²) >= 11 is 6.21. The number of halogens is 1. The van der Waals surface area contributed by atoms with Crippen LogP contribution in [0.5, 0.6) is 5.75 Å². The first-order valence-electron chi connectivity index (χ1n) is 12.4. The molecule has 1 saturated carbocycles. The van der Waals surface area contributed by atoms with Crippen LogP contribution in [-0.2, 0) is 6.61 Å². The van der Waals surface area contributed by atoms with E-state index in [2.05, 4.69) is 29.0 Å². The molecule has 3 aromatic rings. The summed E-state index contributed by atoms with van der Waals surface area (Å²) in [5.41, 5.74) is 4.21. The van der Waals surface area contributed by atoms with Gasteiger partial charge in [0.15, 0.2) is 5.78 Å².